The summed E-state index contributed by atoms with van der Waals surface area (Å²) in [4.78, 5) is 16.5. The Morgan fingerprint density at radius 3 is 2.85 bits per heavy atom. The van der Waals surface area contributed by atoms with Crippen LogP contribution in [0.3, 0.4) is 0 Å². The second-order valence-corrected chi connectivity index (χ2v) is 6.92. The van der Waals surface area contributed by atoms with E-state index in [-0.39, 0.29) is 0 Å². The van der Waals surface area contributed by atoms with Gasteiger partial charge in [-0.1, -0.05) is 17.7 Å². The Morgan fingerprint density at radius 1 is 1.30 bits per heavy atom. The molecule has 1 aromatic rings. The third-order valence-corrected chi connectivity index (χ3v) is 5.24. The second-order valence-electron chi connectivity index (χ2n) is 6.92. The molecule has 2 heterocycles. The number of carbonyl (C=O) groups is 1. The Bertz CT molecular complexity index is 564. The standard InChI is InChI=1S/C17H22N2O/c1-11-3-6-15-13(9-11)14-10-18(2)8-7-16(14)19(15)17(20)12-4-5-12/h3,6,9,12,14,16H,4-5,7-8,10H2,1-2H3/p+1. The molecule has 0 aromatic heterocycles. The molecule has 4 rings (SSSR count). The fourth-order valence-electron chi connectivity index (χ4n) is 4.01. The SMILES string of the molecule is Cc1ccc2c(c1)C1C[NH+](C)CCC1N2C(=O)C1CC1. The molecule has 1 aromatic carbocycles. The Balaban J connectivity index is 1.78. The number of likely N-dealkylation sites (N-methyl/N-ethyl adjacent to an activating group) is 1. The highest BCUT2D eigenvalue weighted by atomic mass is 16.2. The number of carbonyl (C=O) groups excluding carboxylic acids is 1. The van der Waals surface area contributed by atoms with Crippen LogP contribution in [0.2, 0.25) is 0 Å². The van der Waals surface area contributed by atoms with E-state index in [1.54, 1.807) is 4.90 Å². The first-order valence-electron chi connectivity index (χ1n) is 7.90. The molecule has 3 aliphatic rings. The lowest BCUT2D eigenvalue weighted by Crippen LogP contribution is -3.11. The van der Waals surface area contributed by atoms with Gasteiger partial charge in [-0.25, -0.2) is 0 Å². The molecule has 0 spiro atoms. The van der Waals surface area contributed by atoms with Crippen LogP contribution >= 0.6 is 0 Å². The van der Waals surface area contributed by atoms with Gasteiger partial charge in [-0.15, -0.1) is 0 Å². The number of nitrogens with zero attached hydrogens (tertiary/aromatic N) is 1. The quantitative estimate of drug-likeness (QED) is 0.813. The molecule has 20 heavy (non-hydrogen) atoms. The number of hydrogen-bond acceptors (Lipinski definition) is 1. The number of nitrogens with one attached hydrogen (secondary N) is 1. The third kappa shape index (κ3) is 1.80. The highest BCUT2D eigenvalue weighted by Crippen LogP contribution is 2.45. The average molecular weight is 271 g/mol. The van der Waals surface area contributed by atoms with Gasteiger partial charge in [0.1, 0.15) is 0 Å². The van der Waals surface area contributed by atoms with Crippen LogP contribution in [0.25, 0.3) is 0 Å². The van der Waals surface area contributed by atoms with Crippen LogP contribution in [0.5, 0.6) is 0 Å². The van der Waals surface area contributed by atoms with Crippen LogP contribution in [0.1, 0.15) is 36.3 Å². The molecule has 3 heteroatoms. The van der Waals surface area contributed by atoms with E-state index >= 15 is 0 Å². The van der Waals surface area contributed by atoms with Crippen molar-refractivity contribution >= 4 is 11.6 Å². The Morgan fingerprint density at radius 2 is 2.10 bits per heavy atom. The maximum Gasteiger partial charge on any atom is 0.230 e. The number of piperidine rings is 1. The highest BCUT2D eigenvalue weighted by Gasteiger charge is 2.48. The van der Waals surface area contributed by atoms with Crippen LogP contribution < -0.4 is 9.80 Å². The Hall–Kier alpha value is -1.35. The average Bonchev–Trinajstić information content (AvgIpc) is 3.22. The van der Waals surface area contributed by atoms with Crippen LogP contribution in [0.4, 0.5) is 5.69 Å². The van der Waals surface area contributed by atoms with Crippen molar-refractivity contribution in [2.24, 2.45) is 5.92 Å². The van der Waals surface area contributed by atoms with Crippen molar-refractivity contribution in [3.8, 4) is 0 Å². The van der Waals surface area contributed by atoms with Crippen LogP contribution in [-0.4, -0.2) is 32.1 Å². The van der Waals surface area contributed by atoms with Crippen molar-refractivity contribution in [1.29, 1.82) is 0 Å². The zero-order chi connectivity index (χ0) is 13.9. The second kappa shape index (κ2) is 4.32. The molecular formula is C17H23N2O+. The zero-order valence-corrected chi connectivity index (χ0v) is 12.4. The van der Waals surface area contributed by atoms with E-state index in [4.69, 9.17) is 0 Å². The van der Waals surface area contributed by atoms with Crippen LogP contribution in [0, 0.1) is 12.8 Å². The lowest BCUT2D eigenvalue weighted by molar-refractivity contribution is -0.886. The van der Waals surface area contributed by atoms with E-state index in [1.807, 2.05) is 0 Å². The van der Waals surface area contributed by atoms with Crippen molar-refractivity contribution in [2.45, 2.75) is 38.1 Å². The number of quaternary nitrogens is 1. The molecule has 1 aliphatic carbocycles. The minimum absolute atomic E-state index is 0.315. The molecule has 0 radical (unpaired) electrons. The van der Waals surface area contributed by atoms with Gasteiger partial charge in [-0.3, -0.25) is 4.79 Å². The number of benzene rings is 1. The van der Waals surface area contributed by atoms with Gasteiger partial charge >= 0.3 is 0 Å². The van der Waals surface area contributed by atoms with E-state index in [9.17, 15) is 4.79 Å². The summed E-state index contributed by atoms with van der Waals surface area (Å²) in [6.45, 7) is 4.50. The van der Waals surface area contributed by atoms with Crippen LogP contribution in [0.15, 0.2) is 18.2 Å². The van der Waals surface area contributed by atoms with Crippen molar-refractivity contribution < 1.29 is 9.69 Å². The number of likely N-dealkylation sites (tertiary alicyclic amines) is 1. The molecule has 1 saturated carbocycles. The summed E-state index contributed by atoms with van der Waals surface area (Å²) in [6.07, 6.45) is 3.33. The number of fused-ring (bicyclic) bond motifs is 3. The van der Waals surface area contributed by atoms with Gasteiger partial charge in [0.2, 0.25) is 5.91 Å². The molecule has 1 saturated heterocycles. The van der Waals surface area contributed by atoms with Gasteiger partial charge < -0.3 is 9.80 Å². The van der Waals surface area contributed by atoms with Crippen molar-refractivity contribution in [3.05, 3.63) is 29.3 Å². The molecule has 2 aliphatic heterocycles. The van der Waals surface area contributed by atoms with Gasteiger partial charge in [0.15, 0.2) is 0 Å². The Labute approximate surface area is 120 Å². The molecule has 1 amide bonds. The lowest BCUT2D eigenvalue weighted by Gasteiger charge is -2.34. The fraction of sp³-hybridized carbons (Fsp3) is 0.588. The summed E-state index contributed by atoms with van der Waals surface area (Å²) in [5, 5.41) is 0. The van der Waals surface area contributed by atoms with E-state index in [1.165, 1.54) is 23.4 Å². The fourth-order valence-corrected chi connectivity index (χ4v) is 4.01. The van der Waals surface area contributed by atoms with Crippen molar-refractivity contribution in [3.63, 3.8) is 0 Å². The molecule has 0 bridgehead atoms. The molecule has 1 N–H and O–H groups in total. The van der Waals surface area contributed by atoms with Crippen molar-refractivity contribution in [2.75, 3.05) is 25.0 Å². The minimum Gasteiger partial charge on any atom is -0.337 e. The van der Waals surface area contributed by atoms with E-state index in [0.29, 0.717) is 23.8 Å². The molecule has 3 nitrogen and oxygen atoms in total. The molecular weight excluding hydrogens is 248 g/mol. The van der Waals surface area contributed by atoms with Gasteiger partial charge in [0, 0.05) is 18.0 Å². The van der Waals surface area contributed by atoms with E-state index in [2.05, 4.69) is 37.1 Å². The molecule has 106 valence electrons. The summed E-state index contributed by atoms with van der Waals surface area (Å²) >= 11 is 0. The molecule has 3 unspecified atom stereocenters. The monoisotopic (exact) mass is 271 g/mol. The van der Waals surface area contributed by atoms with Crippen LogP contribution in [-0.2, 0) is 4.79 Å². The molecule has 2 fully saturated rings. The summed E-state index contributed by atoms with van der Waals surface area (Å²) in [5.74, 6) is 1.25. The number of amides is 1. The number of rotatable bonds is 1. The number of anilines is 1. The lowest BCUT2D eigenvalue weighted by atomic mass is 9.89. The van der Waals surface area contributed by atoms with Crippen molar-refractivity contribution in [1.82, 2.24) is 0 Å². The minimum atomic E-state index is 0.315. The predicted octanol–water partition coefficient (Wildman–Crippen LogP) is 1.12. The first kappa shape index (κ1) is 12.4. The maximum atomic E-state index is 12.7. The number of aryl methyl sites for hydroxylation is 1. The Kier molecular flexibility index (Phi) is 2.68. The van der Waals surface area contributed by atoms with Gasteiger partial charge in [0.25, 0.3) is 0 Å². The summed E-state index contributed by atoms with van der Waals surface area (Å²) in [7, 11) is 2.27. The topological polar surface area (TPSA) is 24.8 Å². The van der Waals surface area contributed by atoms with E-state index in [0.717, 1.165) is 25.8 Å². The predicted molar refractivity (Wildman–Crippen MR) is 79.2 cm³/mol. The first-order chi connectivity index (χ1) is 9.65. The maximum absolute atomic E-state index is 12.7. The number of hydrogen-bond donors (Lipinski definition) is 1. The van der Waals surface area contributed by atoms with Gasteiger partial charge in [-0.05, 0) is 31.4 Å². The summed E-state index contributed by atoms with van der Waals surface area (Å²) in [5.41, 5.74) is 3.94. The van der Waals surface area contributed by atoms with Gasteiger partial charge in [-0.2, -0.15) is 0 Å². The normalized spacial score (nSPS) is 31.9. The van der Waals surface area contributed by atoms with E-state index < -0.39 is 0 Å². The zero-order valence-electron chi connectivity index (χ0n) is 12.4. The summed E-state index contributed by atoms with van der Waals surface area (Å²) < 4.78 is 0. The third-order valence-electron chi connectivity index (χ3n) is 5.24. The smallest absolute Gasteiger partial charge is 0.230 e. The van der Waals surface area contributed by atoms with Gasteiger partial charge in [0.05, 0.1) is 32.1 Å². The highest BCUT2D eigenvalue weighted by molar-refractivity contribution is 5.99. The first-order valence-corrected chi connectivity index (χ1v) is 7.90. The summed E-state index contributed by atoms with van der Waals surface area (Å²) in [6, 6.07) is 7.06. The molecule has 3 atom stereocenters. The largest absolute Gasteiger partial charge is 0.337 e.